The fourth-order valence-electron chi connectivity index (χ4n) is 3.50. The third kappa shape index (κ3) is 5.43. The molecule has 3 N–H and O–H groups in total. The van der Waals surface area contributed by atoms with Crippen molar-refractivity contribution in [2.75, 3.05) is 13.1 Å². The number of amides is 1. The van der Waals surface area contributed by atoms with Gasteiger partial charge in [-0.05, 0) is 68.7 Å². The summed E-state index contributed by atoms with van der Waals surface area (Å²) in [4.78, 5) is 12.0. The molecule has 0 spiro atoms. The van der Waals surface area contributed by atoms with Gasteiger partial charge in [-0.15, -0.1) is 0 Å². The summed E-state index contributed by atoms with van der Waals surface area (Å²) in [6.07, 6.45) is 10.7. The van der Waals surface area contributed by atoms with Crippen molar-refractivity contribution in [3.05, 3.63) is 0 Å². The van der Waals surface area contributed by atoms with Crippen LogP contribution in [0.25, 0.3) is 0 Å². The minimum absolute atomic E-state index is 0.259. The summed E-state index contributed by atoms with van der Waals surface area (Å²) in [6, 6.07) is 0. The zero-order valence-electron chi connectivity index (χ0n) is 13.1. The molecule has 0 aromatic carbocycles. The molecular formula is C17H32N2O. The van der Waals surface area contributed by atoms with Crippen molar-refractivity contribution in [1.29, 1.82) is 0 Å². The molecule has 0 bridgehead atoms. The van der Waals surface area contributed by atoms with Crippen LogP contribution in [0.5, 0.6) is 0 Å². The van der Waals surface area contributed by atoms with Crippen LogP contribution in [-0.4, -0.2) is 19.0 Å². The highest BCUT2D eigenvalue weighted by Gasteiger charge is 2.41. The Morgan fingerprint density at radius 1 is 1.15 bits per heavy atom. The standard InChI is InChI=1S/C17H32N2O/c1-2-3-13(10-11-18)4-9-17(20)19-12-16(14-5-6-14)15-7-8-15/h13-16H,2-12,18H2,1H3,(H,19,20). The Morgan fingerprint density at radius 3 is 2.30 bits per heavy atom. The van der Waals surface area contributed by atoms with Crippen molar-refractivity contribution < 1.29 is 4.79 Å². The van der Waals surface area contributed by atoms with Crippen LogP contribution in [0.15, 0.2) is 0 Å². The zero-order valence-corrected chi connectivity index (χ0v) is 13.1. The molecule has 116 valence electrons. The van der Waals surface area contributed by atoms with Crippen LogP contribution in [0.2, 0.25) is 0 Å². The predicted octanol–water partition coefficient (Wildman–Crippen LogP) is 3.08. The monoisotopic (exact) mass is 280 g/mol. The quantitative estimate of drug-likeness (QED) is 0.611. The van der Waals surface area contributed by atoms with Gasteiger partial charge < -0.3 is 11.1 Å². The molecule has 3 nitrogen and oxygen atoms in total. The normalized spacial score (nSPS) is 20.1. The van der Waals surface area contributed by atoms with Gasteiger partial charge in [-0.2, -0.15) is 0 Å². The van der Waals surface area contributed by atoms with Crippen LogP contribution in [0.1, 0.15) is 64.7 Å². The second kappa shape index (κ2) is 8.02. The lowest BCUT2D eigenvalue weighted by atomic mass is 9.94. The number of hydrogen-bond donors (Lipinski definition) is 2. The van der Waals surface area contributed by atoms with Crippen LogP contribution in [-0.2, 0) is 4.79 Å². The molecule has 2 aliphatic rings. The second-order valence-corrected chi connectivity index (χ2v) is 6.91. The molecule has 0 radical (unpaired) electrons. The van der Waals surface area contributed by atoms with E-state index in [0.29, 0.717) is 12.3 Å². The van der Waals surface area contributed by atoms with Crippen LogP contribution in [0.4, 0.5) is 0 Å². The topological polar surface area (TPSA) is 55.1 Å². The smallest absolute Gasteiger partial charge is 0.220 e. The summed E-state index contributed by atoms with van der Waals surface area (Å²) in [5.74, 6) is 3.53. The maximum Gasteiger partial charge on any atom is 0.220 e. The van der Waals surface area contributed by atoms with Gasteiger partial charge in [0.2, 0.25) is 5.91 Å². The van der Waals surface area contributed by atoms with Crippen molar-refractivity contribution in [1.82, 2.24) is 5.32 Å². The molecule has 2 fully saturated rings. The predicted molar refractivity (Wildman–Crippen MR) is 83.3 cm³/mol. The van der Waals surface area contributed by atoms with E-state index in [2.05, 4.69) is 12.2 Å². The van der Waals surface area contributed by atoms with E-state index in [1.165, 1.54) is 38.5 Å². The largest absolute Gasteiger partial charge is 0.356 e. The van der Waals surface area contributed by atoms with E-state index < -0.39 is 0 Å². The Labute approximate surface area is 124 Å². The third-order valence-electron chi connectivity index (χ3n) is 5.04. The Balaban J connectivity index is 1.61. The van der Waals surface area contributed by atoms with Gasteiger partial charge in [0, 0.05) is 13.0 Å². The van der Waals surface area contributed by atoms with Crippen LogP contribution in [0.3, 0.4) is 0 Å². The Bertz CT molecular complexity index is 279. The molecule has 0 aliphatic heterocycles. The molecule has 3 heteroatoms. The Morgan fingerprint density at radius 2 is 1.80 bits per heavy atom. The van der Waals surface area contributed by atoms with Crippen molar-refractivity contribution in [3.8, 4) is 0 Å². The van der Waals surface area contributed by atoms with E-state index >= 15 is 0 Å². The summed E-state index contributed by atoms with van der Waals surface area (Å²) in [5.41, 5.74) is 5.64. The van der Waals surface area contributed by atoms with Crippen LogP contribution in [0, 0.1) is 23.7 Å². The molecule has 2 saturated carbocycles. The number of nitrogens with one attached hydrogen (secondary N) is 1. The summed E-state index contributed by atoms with van der Waals surface area (Å²) in [5, 5.41) is 3.19. The van der Waals surface area contributed by atoms with Gasteiger partial charge in [-0.3, -0.25) is 4.79 Å². The number of rotatable bonds is 11. The van der Waals surface area contributed by atoms with E-state index in [0.717, 1.165) is 43.7 Å². The van der Waals surface area contributed by atoms with E-state index in [4.69, 9.17) is 5.73 Å². The third-order valence-corrected chi connectivity index (χ3v) is 5.04. The minimum Gasteiger partial charge on any atom is -0.356 e. The van der Waals surface area contributed by atoms with Gasteiger partial charge in [0.25, 0.3) is 0 Å². The molecule has 2 rings (SSSR count). The highest BCUT2D eigenvalue weighted by Crippen LogP contribution is 2.48. The van der Waals surface area contributed by atoms with Gasteiger partial charge in [-0.1, -0.05) is 19.8 Å². The highest BCUT2D eigenvalue weighted by molar-refractivity contribution is 5.75. The average Bonchev–Trinajstić information content (AvgIpc) is 3.28. The number of carbonyl (C=O) groups is 1. The first-order valence-corrected chi connectivity index (χ1v) is 8.71. The molecule has 0 aromatic heterocycles. The lowest BCUT2D eigenvalue weighted by Gasteiger charge is -2.18. The maximum absolute atomic E-state index is 12.0. The van der Waals surface area contributed by atoms with Crippen LogP contribution >= 0.6 is 0 Å². The molecule has 1 unspecified atom stereocenters. The maximum atomic E-state index is 12.0. The van der Waals surface area contributed by atoms with Crippen molar-refractivity contribution >= 4 is 5.91 Å². The lowest BCUT2D eigenvalue weighted by Crippen LogP contribution is -2.31. The van der Waals surface area contributed by atoms with E-state index in [1.807, 2.05) is 0 Å². The summed E-state index contributed by atoms with van der Waals surface area (Å²) in [7, 11) is 0. The minimum atomic E-state index is 0.259. The zero-order chi connectivity index (χ0) is 14.4. The molecule has 0 heterocycles. The lowest BCUT2D eigenvalue weighted by molar-refractivity contribution is -0.121. The Hall–Kier alpha value is -0.570. The van der Waals surface area contributed by atoms with Crippen LogP contribution < -0.4 is 11.1 Å². The molecule has 0 saturated heterocycles. The van der Waals surface area contributed by atoms with E-state index in [1.54, 1.807) is 0 Å². The van der Waals surface area contributed by atoms with Gasteiger partial charge in [0.15, 0.2) is 0 Å². The highest BCUT2D eigenvalue weighted by atomic mass is 16.1. The molecule has 1 atom stereocenters. The van der Waals surface area contributed by atoms with Gasteiger partial charge in [-0.25, -0.2) is 0 Å². The fraction of sp³-hybridized carbons (Fsp3) is 0.941. The Kier molecular flexibility index (Phi) is 6.34. The van der Waals surface area contributed by atoms with Crippen molar-refractivity contribution in [2.24, 2.45) is 29.4 Å². The van der Waals surface area contributed by atoms with Gasteiger partial charge in [0.1, 0.15) is 0 Å². The summed E-state index contributed by atoms with van der Waals surface area (Å²) in [6.45, 7) is 3.89. The van der Waals surface area contributed by atoms with Crippen molar-refractivity contribution in [3.63, 3.8) is 0 Å². The van der Waals surface area contributed by atoms with Gasteiger partial charge >= 0.3 is 0 Å². The average molecular weight is 280 g/mol. The summed E-state index contributed by atoms with van der Waals surface area (Å²) >= 11 is 0. The molecule has 2 aliphatic carbocycles. The number of hydrogen-bond acceptors (Lipinski definition) is 2. The molecule has 20 heavy (non-hydrogen) atoms. The number of carbonyl (C=O) groups excluding carboxylic acids is 1. The SMILES string of the molecule is CCCC(CCN)CCC(=O)NCC(C1CC1)C1CC1. The first kappa shape index (κ1) is 15.8. The number of nitrogens with two attached hydrogens (primary N) is 1. The molecular weight excluding hydrogens is 248 g/mol. The second-order valence-electron chi connectivity index (χ2n) is 6.91. The molecule has 1 amide bonds. The summed E-state index contributed by atoms with van der Waals surface area (Å²) < 4.78 is 0. The van der Waals surface area contributed by atoms with E-state index in [9.17, 15) is 4.79 Å². The first-order valence-electron chi connectivity index (χ1n) is 8.71. The fourth-order valence-corrected chi connectivity index (χ4v) is 3.50. The molecule has 0 aromatic rings. The van der Waals surface area contributed by atoms with Gasteiger partial charge in [0.05, 0.1) is 0 Å². The van der Waals surface area contributed by atoms with Crippen molar-refractivity contribution in [2.45, 2.75) is 64.7 Å². The first-order chi connectivity index (χ1) is 9.74. The van der Waals surface area contributed by atoms with E-state index in [-0.39, 0.29) is 5.91 Å².